The molecule has 1 amide bonds. The van der Waals surface area contributed by atoms with Gasteiger partial charge in [-0.1, -0.05) is 49.3 Å². The number of nitro benzene ring substituents is 1. The highest BCUT2D eigenvalue weighted by molar-refractivity contribution is 7.99. The molecule has 8 nitrogen and oxygen atoms in total. The van der Waals surface area contributed by atoms with Crippen molar-refractivity contribution >= 4 is 40.6 Å². The molecule has 31 heavy (non-hydrogen) atoms. The van der Waals surface area contributed by atoms with Crippen LogP contribution in [0.4, 0.5) is 15.8 Å². The van der Waals surface area contributed by atoms with E-state index in [2.05, 4.69) is 15.5 Å². The lowest BCUT2D eigenvalue weighted by Gasteiger charge is -2.13. The van der Waals surface area contributed by atoms with Crippen molar-refractivity contribution < 1.29 is 14.1 Å². The normalized spacial score (nSPS) is 11.0. The van der Waals surface area contributed by atoms with Crippen LogP contribution in [0.15, 0.2) is 47.6 Å². The fourth-order valence-corrected chi connectivity index (χ4v) is 3.72. The first kappa shape index (κ1) is 22.7. The molecule has 0 radical (unpaired) electrons. The van der Waals surface area contributed by atoms with E-state index < -0.39 is 16.6 Å². The summed E-state index contributed by atoms with van der Waals surface area (Å²) in [4.78, 5) is 22.8. The Morgan fingerprint density at radius 1 is 1.29 bits per heavy atom. The molecule has 0 spiro atoms. The minimum absolute atomic E-state index is 0.0352. The number of rotatable bonds is 8. The van der Waals surface area contributed by atoms with Gasteiger partial charge in [-0.15, -0.1) is 10.2 Å². The summed E-state index contributed by atoms with van der Waals surface area (Å²) in [5.41, 5.74) is 0.297. The molecule has 0 atom stereocenters. The molecule has 3 aromatic rings. The average Bonchev–Trinajstić information content (AvgIpc) is 3.10. The second kappa shape index (κ2) is 9.88. The summed E-state index contributed by atoms with van der Waals surface area (Å²) in [7, 11) is 0. The Kier molecular flexibility index (Phi) is 7.24. The first-order chi connectivity index (χ1) is 14.8. The molecule has 0 unspecified atom stereocenters. The topological polar surface area (TPSA) is 103 Å². The summed E-state index contributed by atoms with van der Waals surface area (Å²) in [6.07, 6.45) is 0. The Hall–Kier alpha value is -2.98. The number of amides is 1. The average molecular weight is 464 g/mol. The lowest BCUT2D eigenvalue weighted by atomic mass is 10.2. The summed E-state index contributed by atoms with van der Waals surface area (Å²) in [5.74, 6) is -0.241. The third-order valence-corrected chi connectivity index (χ3v) is 5.44. The number of thioether (sulfide) groups is 1. The molecule has 11 heteroatoms. The van der Waals surface area contributed by atoms with Gasteiger partial charge in [0.05, 0.1) is 26.9 Å². The van der Waals surface area contributed by atoms with Crippen LogP contribution >= 0.6 is 23.4 Å². The number of hydrogen-bond acceptors (Lipinski definition) is 6. The monoisotopic (exact) mass is 463 g/mol. The van der Waals surface area contributed by atoms with Gasteiger partial charge >= 0.3 is 0 Å². The van der Waals surface area contributed by atoms with Crippen LogP contribution in [0.2, 0.25) is 5.02 Å². The van der Waals surface area contributed by atoms with Gasteiger partial charge in [-0.3, -0.25) is 14.9 Å². The van der Waals surface area contributed by atoms with Gasteiger partial charge in [-0.25, -0.2) is 4.39 Å². The summed E-state index contributed by atoms with van der Waals surface area (Å²) in [5, 5.41) is 22.4. The van der Waals surface area contributed by atoms with Crippen LogP contribution in [0.1, 0.15) is 13.8 Å². The molecule has 1 aromatic heterocycles. The quantitative estimate of drug-likeness (QED) is 0.285. The molecule has 0 bridgehead atoms. The molecular formula is C20H19ClFN5O3S. The van der Waals surface area contributed by atoms with Crippen molar-refractivity contribution in [2.45, 2.75) is 25.5 Å². The molecule has 0 saturated carbocycles. The first-order valence-electron chi connectivity index (χ1n) is 9.31. The van der Waals surface area contributed by atoms with E-state index in [-0.39, 0.29) is 28.1 Å². The van der Waals surface area contributed by atoms with Gasteiger partial charge in [-0.2, -0.15) is 0 Å². The molecule has 162 valence electrons. The second-order valence-electron chi connectivity index (χ2n) is 7.05. The summed E-state index contributed by atoms with van der Waals surface area (Å²) < 4.78 is 16.1. The Morgan fingerprint density at radius 2 is 2.03 bits per heavy atom. The van der Waals surface area contributed by atoms with Crippen LogP contribution in [0.3, 0.4) is 0 Å². The van der Waals surface area contributed by atoms with E-state index in [1.54, 1.807) is 22.8 Å². The highest BCUT2D eigenvalue weighted by atomic mass is 35.5. The van der Waals surface area contributed by atoms with E-state index in [4.69, 9.17) is 11.6 Å². The van der Waals surface area contributed by atoms with E-state index >= 15 is 0 Å². The highest BCUT2D eigenvalue weighted by Crippen LogP contribution is 2.29. The summed E-state index contributed by atoms with van der Waals surface area (Å²) in [6.45, 7) is 4.56. The predicted molar refractivity (Wildman–Crippen MR) is 118 cm³/mol. The lowest BCUT2D eigenvalue weighted by molar-refractivity contribution is -0.384. The maximum Gasteiger partial charge on any atom is 0.271 e. The molecule has 0 aliphatic rings. The zero-order valence-electron chi connectivity index (χ0n) is 16.7. The standard InChI is InChI=1S/C20H19ClFN5O3S/c1-12(2)10-26-19(14-5-3-4-6-16(14)22)24-25-20(26)31-11-18(28)23-17-9-13(27(29)30)7-8-15(17)21/h3-9,12H,10-11H2,1-2H3,(H,23,28). The number of nitrogens with one attached hydrogen (secondary N) is 1. The number of carbonyl (C=O) groups excluding carboxylic acids is 1. The molecule has 0 aliphatic heterocycles. The number of aromatic nitrogens is 3. The second-order valence-corrected chi connectivity index (χ2v) is 8.40. The Labute approximate surface area is 187 Å². The number of anilines is 1. The van der Waals surface area contributed by atoms with Crippen molar-refractivity contribution in [3.63, 3.8) is 0 Å². The fourth-order valence-electron chi connectivity index (χ4n) is 2.81. The van der Waals surface area contributed by atoms with Gasteiger partial charge in [0.15, 0.2) is 11.0 Å². The number of nitrogens with zero attached hydrogens (tertiary/aromatic N) is 4. The maximum absolute atomic E-state index is 14.3. The van der Waals surface area contributed by atoms with E-state index in [0.717, 1.165) is 11.8 Å². The number of carbonyl (C=O) groups is 1. The summed E-state index contributed by atoms with van der Waals surface area (Å²) in [6, 6.07) is 10.1. The van der Waals surface area contributed by atoms with E-state index in [1.807, 2.05) is 13.8 Å². The largest absolute Gasteiger partial charge is 0.324 e. The van der Waals surface area contributed by atoms with Gasteiger partial charge in [0.2, 0.25) is 5.91 Å². The van der Waals surface area contributed by atoms with Crippen molar-refractivity contribution in [3.05, 3.63) is 63.4 Å². The molecule has 2 aromatic carbocycles. The summed E-state index contributed by atoms with van der Waals surface area (Å²) >= 11 is 7.16. The Morgan fingerprint density at radius 3 is 2.71 bits per heavy atom. The van der Waals surface area contributed by atoms with E-state index in [1.165, 1.54) is 24.3 Å². The number of halogens is 2. The molecule has 3 rings (SSSR count). The lowest BCUT2D eigenvalue weighted by Crippen LogP contribution is -2.15. The van der Waals surface area contributed by atoms with E-state index in [9.17, 15) is 19.3 Å². The molecule has 0 saturated heterocycles. The van der Waals surface area contributed by atoms with Crippen LogP contribution in [0.25, 0.3) is 11.4 Å². The van der Waals surface area contributed by atoms with Crippen molar-refractivity contribution in [2.75, 3.05) is 11.1 Å². The SMILES string of the molecule is CC(C)Cn1c(SCC(=O)Nc2cc([N+](=O)[O-])ccc2Cl)nnc1-c1ccccc1F. The van der Waals surface area contributed by atoms with Gasteiger partial charge in [0.25, 0.3) is 5.69 Å². The van der Waals surface area contributed by atoms with Crippen molar-refractivity contribution in [2.24, 2.45) is 5.92 Å². The third kappa shape index (κ3) is 5.59. The molecule has 0 aliphatic carbocycles. The molecule has 1 N–H and O–H groups in total. The first-order valence-corrected chi connectivity index (χ1v) is 10.7. The number of benzene rings is 2. The predicted octanol–water partition coefficient (Wildman–Crippen LogP) is 5.03. The van der Waals surface area contributed by atoms with Gasteiger partial charge in [0.1, 0.15) is 5.82 Å². The fraction of sp³-hybridized carbons (Fsp3) is 0.250. The minimum atomic E-state index is -0.570. The number of non-ortho nitro benzene ring substituents is 1. The van der Waals surface area contributed by atoms with Crippen molar-refractivity contribution in [1.82, 2.24) is 14.8 Å². The highest BCUT2D eigenvalue weighted by Gasteiger charge is 2.19. The van der Waals surface area contributed by atoms with Crippen LogP contribution < -0.4 is 5.32 Å². The van der Waals surface area contributed by atoms with Crippen LogP contribution in [0, 0.1) is 21.8 Å². The van der Waals surface area contributed by atoms with E-state index in [0.29, 0.717) is 23.1 Å². The van der Waals surface area contributed by atoms with Crippen LogP contribution in [-0.2, 0) is 11.3 Å². The van der Waals surface area contributed by atoms with Crippen molar-refractivity contribution in [1.29, 1.82) is 0 Å². The van der Waals surface area contributed by atoms with Gasteiger partial charge in [-0.05, 0) is 24.1 Å². The molecule has 0 fully saturated rings. The smallest absolute Gasteiger partial charge is 0.271 e. The van der Waals surface area contributed by atoms with Crippen LogP contribution in [-0.4, -0.2) is 31.3 Å². The number of nitro groups is 1. The zero-order chi connectivity index (χ0) is 22.5. The number of hydrogen-bond donors (Lipinski definition) is 1. The Bertz CT molecular complexity index is 1120. The third-order valence-electron chi connectivity index (χ3n) is 4.15. The van der Waals surface area contributed by atoms with Gasteiger partial charge in [0, 0.05) is 18.7 Å². The van der Waals surface area contributed by atoms with Crippen molar-refractivity contribution in [3.8, 4) is 11.4 Å². The van der Waals surface area contributed by atoms with Crippen LogP contribution in [0.5, 0.6) is 0 Å². The van der Waals surface area contributed by atoms with Gasteiger partial charge < -0.3 is 9.88 Å². The zero-order valence-corrected chi connectivity index (χ0v) is 18.3. The minimum Gasteiger partial charge on any atom is -0.324 e. The molecular weight excluding hydrogens is 445 g/mol. The maximum atomic E-state index is 14.3. The Balaban J connectivity index is 1.77. The molecule has 1 heterocycles.